The molecule has 0 aromatic carbocycles. The van der Waals surface area contributed by atoms with Crippen LogP contribution in [0.4, 0.5) is 0 Å². The molecular weight excluding hydrogens is 124 g/mol. The fraction of sp³-hybridized carbons (Fsp3) is 0.625. The van der Waals surface area contributed by atoms with Crippen molar-refractivity contribution in [3.05, 3.63) is 12.3 Å². The quantitative estimate of drug-likeness (QED) is 0.432. The molecule has 0 spiro atoms. The first-order valence-electron chi connectivity index (χ1n) is 3.77. The zero-order valence-corrected chi connectivity index (χ0v) is 7.04. The van der Waals surface area contributed by atoms with E-state index >= 15 is 0 Å². The Morgan fingerprint density at radius 1 is 1.40 bits per heavy atom. The lowest BCUT2D eigenvalue weighted by Gasteiger charge is -2.09. The van der Waals surface area contributed by atoms with E-state index in [2.05, 4.69) is 25.0 Å². The van der Waals surface area contributed by atoms with Gasteiger partial charge in [0.2, 0.25) is 0 Å². The van der Waals surface area contributed by atoms with Crippen LogP contribution in [0.5, 0.6) is 0 Å². The van der Waals surface area contributed by atoms with Crippen LogP contribution in [0.1, 0.15) is 27.2 Å². The third kappa shape index (κ3) is 4.13. The van der Waals surface area contributed by atoms with Gasteiger partial charge >= 0.3 is 0 Å². The molecule has 0 aliphatic carbocycles. The molecule has 0 unspecified atom stereocenters. The Morgan fingerprint density at radius 2 is 2.10 bits per heavy atom. The minimum Gasteiger partial charge on any atom is -0.274 e. The van der Waals surface area contributed by atoms with Gasteiger partial charge in [0.15, 0.2) is 0 Å². The maximum atomic E-state index is 4.10. The Balaban J connectivity index is 3.70. The SMILES string of the molecule is C/C=N/N(/C=C\CC)CC. The average Bonchev–Trinajstić information content (AvgIpc) is 1.98. The Bertz CT molecular complexity index is 116. The number of hydrogen-bond acceptors (Lipinski definition) is 2. The highest BCUT2D eigenvalue weighted by atomic mass is 15.4. The average molecular weight is 140 g/mol. The van der Waals surface area contributed by atoms with E-state index in [-0.39, 0.29) is 0 Å². The summed E-state index contributed by atoms with van der Waals surface area (Å²) in [5, 5.41) is 6.01. The monoisotopic (exact) mass is 140 g/mol. The van der Waals surface area contributed by atoms with E-state index in [0.29, 0.717) is 0 Å². The highest BCUT2D eigenvalue weighted by Crippen LogP contribution is 1.90. The summed E-state index contributed by atoms with van der Waals surface area (Å²) in [6.45, 7) is 7.04. The van der Waals surface area contributed by atoms with Gasteiger partial charge in [0.05, 0.1) is 0 Å². The molecule has 0 aromatic heterocycles. The second kappa shape index (κ2) is 6.33. The third-order valence-corrected chi connectivity index (χ3v) is 1.10. The molecule has 2 heteroatoms. The minimum absolute atomic E-state index is 0.931. The molecule has 0 aromatic rings. The van der Waals surface area contributed by atoms with E-state index in [1.807, 2.05) is 18.1 Å². The van der Waals surface area contributed by atoms with Gasteiger partial charge in [-0.25, -0.2) is 0 Å². The van der Waals surface area contributed by atoms with Gasteiger partial charge in [0.25, 0.3) is 0 Å². The zero-order chi connectivity index (χ0) is 7.82. The lowest BCUT2D eigenvalue weighted by molar-refractivity contribution is 0.423. The largest absolute Gasteiger partial charge is 0.274 e. The van der Waals surface area contributed by atoms with Crippen LogP contribution in [0.25, 0.3) is 0 Å². The van der Waals surface area contributed by atoms with Gasteiger partial charge in [0.1, 0.15) is 0 Å². The summed E-state index contributed by atoms with van der Waals surface area (Å²) in [7, 11) is 0. The molecule has 0 rings (SSSR count). The van der Waals surface area contributed by atoms with Crippen molar-refractivity contribution in [3.63, 3.8) is 0 Å². The van der Waals surface area contributed by atoms with Crippen molar-refractivity contribution in [1.82, 2.24) is 5.01 Å². The van der Waals surface area contributed by atoms with E-state index in [1.54, 1.807) is 6.21 Å². The molecule has 0 heterocycles. The van der Waals surface area contributed by atoms with Crippen molar-refractivity contribution in [1.29, 1.82) is 0 Å². The normalized spacial score (nSPS) is 11.5. The number of hydrogen-bond donors (Lipinski definition) is 0. The Kier molecular flexibility index (Phi) is 5.83. The van der Waals surface area contributed by atoms with Crippen molar-refractivity contribution in [2.24, 2.45) is 5.10 Å². The van der Waals surface area contributed by atoms with Crippen LogP contribution in [-0.2, 0) is 0 Å². The van der Waals surface area contributed by atoms with Crippen LogP contribution in [0, 0.1) is 0 Å². The Labute approximate surface area is 63.2 Å². The zero-order valence-electron chi connectivity index (χ0n) is 7.04. The Hall–Kier alpha value is -0.790. The van der Waals surface area contributed by atoms with Crippen molar-refractivity contribution < 1.29 is 0 Å². The van der Waals surface area contributed by atoms with E-state index in [4.69, 9.17) is 0 Å². The molecule has 10 heavy (non-hydrogen) atoms. The summed E-state index contributed by atoms with van der Waals surface area (Å²) >= 11 is 0. The summed E-state index contributed by atoms with van der Waals surface area (Å²) in [5.41, 5.74) is 0. The molecule has 58 valence electrons. The van der Waals surface area contributed by atoms with Crippen molar-refractivity contribution in [2.45, 2.75) is 27.2 Å². The number of rotatable bonds is 4. The smallest absolute Gasteiger partial charge is 0.0380 e. The molecule has 0 saturated heterocycles. The van der Waals surface area contributed by atoms with Crippen LogP contribution in [-0.4, -0.2) is 17.8 Å². The standard InChI is InChI=1S/C8H16N2/c1-4-7-8-10(6-3)9-5-2/h5,7-8H,4,6H2,1-3H3/b8-7-,9-5+. The minimum atomic E-state index is 0.931. The van der Waals surface area contributed by atoms with Gasteiger partial charge in [0, 0.05) is 19.0 Å². The van der Waals surface area contributed by atoms with Crippen molar-refractivity contribution in [2.75, 3.05) is 6.54 Å². The van der Waals surface area contributed by atoms with Crippen molar-refractivity contribution in [3.8, 4) is 0 Å². The third-order valence-electron chi connectivity index (χ3n) is 1.10. The molecule has 0 aliphatic rings. The molecule has 0 radical (unpaired) electrons. The summed E-state index contributed by atoms with van der Waals surface area (Å²) in [6, 6.07) is 0. The Morgan fingerprint density at radius 3 is 2.50 bits per heavy atom. The first-order valence-corrected chi connectivity index (χ1v) is 3.77. The lowest BCUT2D eigenvalue weighted by Crippen LogP contribution is -2.07. The molecule has 0 saturated carbocycles. The first-order chi connectivity index (χ1) is 4.85. The van der Waals surface area contributed by atoms with Gasteiger partial charge in [-0.05, 0) is 20.3 Å². The fourth-order valence-electron chi connectivity index (χ4n) is 0.601. The molecule has 0 amide bonds. The van der Waals surface area contributed by atoms with Crippen LogP contribution in [0.15, 0.2) is 17.4 Å². The fourth-order valence-corrected chi connectivity index (χ4v) is 0.601. The van der Waals surface area contributed by atoms with E-state index in [1.165, 1.54) is 0 Å². The topological polar surface area (TPSA) is 15.6 Å². The maximum Gasteiger partial charge on any atom is 0.0380 e. The highest BCUT2D eigenvalue weighted by molar-refractivity contribution is 5.52. The number of nitrogens with zero attached hydrogens (tertiary/aromatic N) is 2. The van der Waals surface area contributed by atoms with Crippen molar-refractivity contribution >= 4 is 6.21 Å². The molecule has 0 N–H and O–H groups in total. The molecule has 0 atom stereocenters. The lowest BCUT2D eigenvalue weighted by atomic mass is 10.5. The van der Waals surface area contributed by atoms with E-state index in [0.717, 1.165) is 13.0 Å². The van der Waals surface area contributed by atoms with Crippen LogP contribution < -0.4 is 0 Å². The maximum absolute atomic E-state index is 4.10. The van der Waals surface area contributed by atoms with Gasteiger partial charge in [-0.3, -0.25) is 5.01 Å². The number of hydrazone groups is 1. The molecule has 0 fully saturated rings. The second-order valence-corrected chi connectivity index (χ2v) is 1.92. The van der Waals surface area contributed by atoms with Gasteiger partial charge in [-0.15, -0.1) is 0 Å². The predicted molar refractivity (Wildman–Crippen MR) is 46.0 cm³/mol. The highest BCUT2D eigenvalue weighted by Gasteiger charge is 1.85. The summed E-state index contributed by atoms with van der Waals surface area (Å²) in [4.78, 5) is 0. The molecule has 0 bridgehead atoms. The molecule has 0 aliphatic heterocycles. The van der Waals surface area contributed by atoms with Crippen LogP contribution in [0.3, 0.4) is 0 Å². The van der Waals surface area contributed by atoms with E-state index in [9.17, 15) is 0 Å². The van der Waals surface area contributed by atoms with Gasteiger partial charge in [-0.2, -0.15) is 5.10 Å². The summed E-state index contributed by atoms with van der Waals surface area (Å²) in [5.74, 6) is 0. The summed E-state index contributed by atoms with van der Waals surface area (Å²) < 4.78 is 0. The van der Waals surface area contributed by atoms with Crippen LogP contribution in [0.2, 0.25) is 0 Å². The van der Waals surface area contributed by atoms with E-state index < -0.39 is 0 Å². The predicted octanol–water partition coefficient (Wildman–Crippen LogP) is 2.24. The van der Waals surface area contributed by atoms with Gasteiger partial charge < -0.3 is 0 Å². The first kappa shape index (κ1) is 9.21. The summed E-state index contributed by atoms with van der Waals surface area (Å²) in [6.07, 6.45) is 6.95. The molecular formula is C8H16N2. The second-order valence-electron chi connectivity index (χ2n) is 1.92. The van der Waals surface area contributed by atoms with Crippen LogP contribution >= 0.6 is 0 Å². The number of allylic oxidation sites excluding steroid dienone is 1. The molecule has 2 nitrogen and oxygen atoms in total. The van der Waals surface area contributed by atoms with Gasteiger partial charge in [-0.1, -0.05) is 13.0 Å².